The molecule has 2 amide bonds. The molecule has 1 aliphatic heterocycles. The van der Waals surface area contributed by atoms with Gasteiger partial charge in [0, 0.05) is 18.6 Å². The van der Waals surface area contributed by atoms with Gasteiger partial charge in [-0.2, -0.15) is 0 Å². The highest BCUT2D eigenvalue weighted by Gasteiger charge is 2.42. The van der Waals surface area contributed by atoms with Gasteiger partial charge in [0.25, 0.3) is 0 Å². The van der Waals surface area contributed by atoms with Crippen LogP contribution in [0.4, 0.5) is 4.79 Å². The summed E-state index contributed by atoms with van der Waals surface area (Å²) in [6.07, 6.45) is 6.29. The lowest BCUT2D eigenvalue weighted by atomic mass is 9.86. The van der Waals surface area contributed by atoms with Gasteiger partial charge in [-0.25, -0.2) is 4.79 Å². The summed E-state index contributed by atoms with van der Waals surface area (Å²) in [5, 5.41) is 12.3. The van der Waals surface area contributed by atoms with E-state index >= 15 is 0 Å². The summed E-state index contributed by atoms with van der Waals surface area (Å²) in [5.41, 5.74) is -0.736. The molecular weight excluding hydrogens is 256 g/mol. The summed E-state index contributed by atoms with van der Waals surface area (Å²) in [5.74, 6) is -0.767. The molecule has 0 radical (unpaired) electrons. The zero-order chi connectivity index (χ0) is 14.8. The van der Waals surface area contributed by atoms with Crippen LogP contribution in [-0.4, -0.2) is 40.6 Å². The summed E-state index contributed by atoms with van der Waals surface area (Å²) < 4.78 is 0. The van der Waals surface area contributed by atoms with Crippen molar-refractivity contribution in [2.45, 2.75) is 70.9 Å². The monoisotopic (exact) mass is 282 g/mol. The van der Waals surface area contributed by atoms with E-state index in [2.05, 4.69) is 19.2 Å². The zero-order valence-electron chi connectivity index (χ0n) is 12.5. The van der Waals surface area contributed by atoms with Crippen molar-refractivity contribution >= 4 is 12.0 Å². The Balaban J connectivity index is 1.96. The summed E-state index contributed by atoms with van der Waals surface area (Å²) in [4.78, 5) is 25.8. The molecule has 1 heterocycles. The molecule has 5 nitrogen and oxygen atoms in total. The second-order valence-corrected chi connectivity index (χ2v) is 6.35. The molecule has 0 spiro atoms. The van der Waals surface area contributed by atoms with Crippen molar-refractivity contribution in [2.24, 2.45) is 5.41 Å². The van der Waals surface area contributed by atoms with Crippen LogP contribution in [0.15, 0.2) is 0 Å². The summed E-state index contributed by atoms with van der Waals surface area (Å²) in [6, 6.07) is 0.466. The van der Waals surface area contributed by atoms with Crippen LogP contribution in [0.3, 0.4) is 0 Å². The number of amides is 2. The largest absolute Gasteiger partial charge is 0.481 e. The van der Waals surface area contributed by atoms with E-state index < -0.39 is 11.4 Å². The van der Waals surface area contributed by atoms with Crippen LogP contribution in [0, 0.1) is 5.41 Å². The number of carboxylic acid groups (broad SMARTS) is 1. The molecule has 0 bridgehead atoms. The van der Waals surface area contributed by atoms with E-state index in [9.17, 15) is 14.7 Å². The highest BCUT2D eigenvalue weighted by atomic mass is 16.4. The molecule has 1 saturated carbocycles. The van der Waals surface area contributed by atoms with Crippen molar-refractivity contribution in [3.63, 3.8) is 0 Å². The molecule has 2 unspecified atom stereocenters. The van der Waals surface area contributed by atoms with Gasteiger partial charge in [-0.15, -0.1) is 0 Å². The van der Waals surface area contributed by atoms with Gasteiger partial charge < -0.3 is 15.3 Å². The first-order chi connectivity index (χ1) is 9.50. The van der Waals surface area contributed by atoms with Crippen molar-refractivity contribution < 1.29 is 14.7 Å². The van der Waals surface area contributed by atoms with Gasteiger partial charge in [-0.05, 0) is 39.0 Å². The third-order valence-corrected chi connectivity index (χ3v) is 5.08. The Morgan fingerprint density at radius 2 is 1.95 bits per heavy atom. The number of hydrogen-bond acceptors (Lipinski definition) is 2. The number of aliphatic carboxylic acids is 1. The first-order valence-corrected chi connectivity index (χ1v) is 7.80. The minimum atomic E-state index is -0.767. The zero-order valence-corrected chi connectivity index (χ0v) is 12.5. The third kappa shape index (κ3) is 2.76. The summed E-state index contributed by atoms with van der Waals surface area (Å²) in [6.45, 7) is 4.43. The van der Waals surface area contributed by atoms with Gasteiger partial charge in [-0.1, -0.05) is 19.8 Å². The van der Waals surface area contributed by atoms with Crippen molar-refractivity contribution in [2.75, 3.05) is 6.54 Å². The van der Waals surface area contributed by atoms with Crippen molar-refractivity contribution in [3.05, 3.63) is 0 Å². The highest BCUT2D eigenvalue weighted by molar-refractivity contribution is 5.79. The highest BCUT2D eigenvalue weighted by Crippen LogP contribution is 2.38. The average molecular weight is 282 g/mol. The number of likely N-dealkylation sites (tertiary alicyclic amines) is 1. The van der Waals surface area contributed by atoms with E-state index in [1.54, 1.807) is 0 Å². The smallest absolute Gasteiger partial charge is 0.317 e. The molecule has 2 aliphatic rings. The molecule has 20 heavy (non-hydrogen) atoms. The maximum absolute atomic E-state index is 12.4. The first-order valence-electron chi connectivity index (χ1n) is 7.80. The number of carbonyl (C=O) groups is 2. The number of carboxylic acids is 1. The van der Waals surface area contributed by atoms with Crippen LogP contribution in [0.5, 0.6) is 0 Å². The SMILES string of the molecule is CCC1CCC(C)N1C(=O)NCC1(C(=O)O)CCCC1. The van der Waals surface area contributed by atoms with E-state index in [1.807, 2.05) is 4.90 Å². The third-order valence-electron chi connectivity index (χ3n) is 5.08. The summed E-state index contributed by atoms with van der Waals surface area (Å²) in [7, 11) is 0. The quantitative estimate of drug-likeness (QED) is 0.832. The van der Waals surface area contributed by atoms with Crippen molar-refractivity contribution in [1.29, 1.82) is 0 Å². The van der Waals surface area contributed by atoms with Gasteiger partial charge in [0.1, 0.15) is 0 Å². The van der Waals surface area contributed by atoms with E-state index in [-0.39, 0.29) is 18.6 Å². The normalized spacial score (nSPS) is 28.6. The van der Waals surface area contributed by atoms with E-state index in [0.717, 1.165) is 32.1 Å². The second kappa shape index (κ2) is 6.02. The predicted octanol–water partition coefficient (Wildman–Crippen LogP) is 2.60. The molecule has 2 fully saturated rings. The fourth-order valence-electron chi connectivity index (χ4n) is 3.69. The number of hydrogen-bond donors (Lipinski definition) is 2. The topological polar surface area (TPSA) is 69.6 Å². The Hall–Kier alpha value is -1.26. The van der Waals surface area contributed by atoms with E-state index in [4.69, 9.17) is 0 Å². The van der Waals surface area contributed by atoms with Crippen LogP contribution in [-0.2, 0) is 4.79 Å². The molecule has 1 saturated heterocycles. The second-order valence-electron chi connectivity index (χ2n) is 6.35. The number of urea groups is 1. The molecule has 1 aliphatic carbocycles. The van der Waals surface area contributed by atoms with E-state index in [0.29, 0.717) is 18.9 Å². The fraction of sp³-hybridized carbons (Fsp3) is 0.867. The number of nitrogens with zero attached hydrogens (tertiary/aromatic N) is 1. The van der Waals surface area contributed by atoms with Crippen LogP contribution < -0.4 is 5.32 Å². The lowest BCUT2D eigenvalue weighted by Gasteiger charge is -2.31. The van der Waals surface area contributed by atoms with Crippen LogP contribution in [0.25, 0.3) is 0 Å². The number of carbonyl (C=O) groups excluding carboxylic acids is 1. The fourth-order valence-corrected chi connectivity index (χ4v) is 3.69. The maximum atomic E-state index is 12.4. The van der Waals surface area contributed by atoms with Gasteiger partial charge in [-0.3, -0.25) is 4.79 Å². The van der Waals surface area contributed by atoms with Crippen molar-refractivity contribution in [1.82, 2.24) is 10.2 Å². The van der Waals surface area contributed by atoms with Crippen LogP contribution in [0.2, 0.25) is 0 Å². The van der Waals surface area contributed by atoms with Crippen LogP contribution >= 0.6 is 0 Å². The molecule has 2 rings (SSSR count). The standard InChI is InChI=1S/C15H26N2O3/c1-3-12-7-6-11(2)17(12)14(20)16-10-15(13(18)19)8-4-5-9-15/h11-12H,3-10H2,1-2H3,(H,16,20)(H,18,19). The molecule has 2 N–H and O–H groups in total. The van der Waals surface area contributed by atoms with Gasteiger partial charge >= 0.3 is 12.0 Å². The minimum Gasteiger partial charge on any atom is -0.481 e. The molecule has 0 aromatic rings. The molecule has 0 aromatic heterocycles. The minimum absolute atomic E-state index is 0.0885. The number of nitrogens with one attached hydrogen (secondary N) is 1. The molecule has 2 atom stereocenters. The molecule has 5 heteroatoms. The predicted molar refractivity (Wildman–Crippen MR) is 76.5 cm³/mol. The Morgan fingerprint density at radius 1 is 1.30 bits per heavy atom. The Morgan fingerprint density at radius 3 is 2.50 bits per heavy atom. The Bertz CT molecular complexity index is 377. The van der Waals surface area contributed by atoms with Gasteiger partial charge in [0.05, 0.1) is 5.41 Å². The lowest BCUT2D eigenvalue weighted by molar-refractivity contribution is -0.148. The number of rotatable bonds is 4. The Kier molecular flexibility index (Phi) is 4.55. The van der Waals surface area contributed by atoms with E-state index in [1.165, 1.54) is 0 Å². The first kappa shape index (κ1) is 15.1. The van der Waals surface area contributed by atoms with Crippen LogP contribution in [0.1, 0.15) is 58.8 Å². The molecule has 0 aromatic carbocycles. The Labute approximate surface area is 120 Å². The molecule has 114 valence electrons. The summed E-state index contributed by atoms with van der Waals surface area (Å²) >= 11 is 0. The molecular formula is C15H26N2O3. The van der Waals surface area contributed by atoms with Gasteiger partial charge in [0.2, 0.25) is 0 Å². The van der Waals surface area contributed by atoms with Gasteiger partial charge in [0.15, 0.2) is 0 Å². The lowest BCUT2D eigenvalue weighted by Crippen LogP contribution is -2.50. The maximum Gasteiger partial charge on any atom is 0.317 e. The van der Waals surface area contributed by atoms with Crippen molar-refractivity contribution in [3.8, 4) is 0 Å². The average Bonchev–Trinajstić information content (AvgIpc) is 3.03.